The number of ether oxygens (including phenoxy) is 1. The van der Waals surface area contributed by atoms with Crippen LogP contribution in [-0.4, -0.2) is 124 Å². The Kier molecular flexibility index (Phi) is 11.1. The van der Waals surface area contributed by atoms with E-state index in [1.165, 1.54) is 0 Å². The Morgan fingerprint density at radius 1 is 1.04 bits per heavy atom. The second-order valence-electron chi connectivity index (χ2n) is 13.0. The molecule has 0 radical (unpaired) electrons. The molecule has 1 spiro atoms. The van der Waals surface area contributed by atoms with Crippen LogP contribution in [0.5, 0.6) is 0 Å². The molecule has 4 aliphatic rings. The van der Waals surface area contributed by atoms with Crippen LogP contribution in [0.25, 0.3) is 0 Å². The van der Waals surface area contributed by atoms with E-state index in [4.69, 9.17) is 4.74 Å². The third-order valence-corrected chi connectivity index (χ3v) is 13.5. The number of aliphatic hydroxyl groups is 1. The van der Waals surface area contributed by atoms with Crippen LogP contribution in [0.15, 0.2) is 86.0 Å². The van der Waals surface area contributed by atoms with Crippen molar-refractivity contribution in [3.05, 3.63) is 91.5 Å². The lowest BCUT2D eigenvalue weighted by Gasteiger charge is -2.40. The Labute approximate surface area is 296 Å². The molecule has 2 aromatic carbocycles. The van der Waals surface area contributed by atoms with Crippen molar-refractivity contribution >= 4 is 51.1 Å². The monoisotopic (exact) mass is 736 g/mol. The van der Waals surface area contributed by atoms with Gasteiger partial charge >= 0.3 is 0 Å². The first-order chi connectivity index (χ1) is 23.3. The molecule has 0 saturated carbocycles. The fourth-order valence-corrected chi connectivity index (χ4v) is 11.7. The first kappa shape index (κ1) is 34.9. The molecule has 2 aromatic rings. The third-order valence-electron chi connectivity index (χ3n) is 10.3. The number of morpholine rings is 1. The van der Waals surface area contributed by atoms with Crippen LogP contribution in [0.1, 0.15) is 12.0 Å². The molecule has 9 nitrogen and oxygen atoms in total. The first-order valence-corrected chi connectivity index (χ1v) is 18.6. The first-order valence-electron chi connectivity index (χ1n) is 16.8. The summed E-state index contributed by atoms with van der Waals surface area (Å²) in [6.07, 6.45) is 4.39. The number of fused-ring (bicyclic) bond motifs is 1. The maximum Gasteiger partial charge on any atom is 0.247 e. The zero-order valence-corrected chi connectivity index (χ0v) is 29.6. The van der Waals surface area contributed by atoms with E-state index in [0.29, 0.717) is 52.2 Å². The number of benzene rings is 2. The lowest BCUT2D eigenvalue weighted by atomic mass is 9.70. The number of halogens is 1. The molecule has 256 valence electrons. The number of amides is 3. The van der Waals surface area contributed by atoms with Crippen LogP contribution in [0.2, 0.25) is 0 Å². The standard InChI is InChI=1S/C37H45BrN4O5S/c1-3-15-40(18-17-39-19-21-47-22-20-39)36(46)33-37-24-29(38)32(48-37)30(34(44)41(16-4-2)27-13-9-6-10-14-27)31(37)35(45)42(33)28(25-43)23-26-11-7-5-8-12-26/h3-14,28-33,43H,1-2,15-25H2/t28-,29?,30+,31+,32+,33?,37?/m1/s1. The molecular weight excluding hydrogens is 692 g/mol. The predicted molar refractivity (Wildman–Crippen MR) is 193 cm³/mol. The summed E-state index contributed by atoms with van der Waals surface area (Å²) in [5.41, 5.74) is 1.70. The summed E-state index contributed by atoms with van der Waals surface area (Å²) in [7, 11) is 0. The zero-order valence-electron chi connectivity index (χ0n) is 27.2. The Bertz CT molecular complexity index is 1480. The highest BCUT2D eigenvalue weighted by molar-refractivity contribution is 9.09. The van der Waals surface area contributed by atoms with Gasteiger partial charge in [0.15, 0.2) is 0 Å². The SMILES string of the molecule is C=CCN(CCN1CCOCC1)C(=O)C1N([C@@H](CO)Cc2ccccc2)C(=O)[C@@H]2[C@H](C(=O)N(CC=C)c3ccccc3)[C@H]3SC12CC3Br. The number of nitrogens with zero attached hydrogens (tertiary/aromatic N) is 4. The summed E-state index contributed by atoms with van der Waals surface area (Å²) in [6.45, 7) is 12.3. The number of hydrogen-bond acceptors (Lipinski definition) is 7. The van der Waals surface area contributed by atoms with Crippen molar-refractivity contribution in [1.29, 1.82) is 0 Å². The van der Waals surface area contributed by atoms with Crippen LogP contribution in [0.4, 0.5) is 5.69 Å². The summed E-state index contributed by atoms with van der Waals surface area (Å²) in [5, 5.41) is 10.7. The van der Waals surface area contributed by atoms with Crippen LogP contribution in [-0.2, 0) is 25.5 Å². The lowest BCUT2D eigenvalue weighted by molar-refractivity contribution is -0.145. The van der Waals surface area contributed by atoms with E-state index < -0.39 is 28.7 Å². The fraction of sp³-hybridized carbons (Fsp3) is 0.486. The van der Waals surface area contributed by atoms with E-state index >= 15 is 4.79 Å². The number of carbonyl (C=O) groups is 3. The number of para-hydroxylation sites is 1. The van der Waals surface area contributed by atoms with E-state index in [1.54, 1.807) is 33.7 Å². The van der Waals surface area contributed by atoms with Crippen LogP contribution >= 0.6 is 27.7 Å². The molecule has 4 heterocycles. The highest BCUT2D eigenvalue weighted by Gasteiger charge is 2.76. The average Bonchev–Trinajstić information content (AvgIpc) is 3.71. The van der Waals surface area contributed by atoms with Crippen molar-refractivity contribution in [2.75, 3.05) is 64.0 Å². The number of thioether (sulfide) groups is 1. The summed E-state index contributed by atoms with van der Waals surface area (Å²) in [6, 6.07) is 17.7. The normalized spacial score (nSPS) is 28.6. The molecule has 0 aromatic heterocycles. The lowest BCUT2D eigenvalue weighted by Crippen LogP contribution is -2.59. The molecule has 4 fully saturated rings. The van der Waals surface area contributed by atoms with Crippen molar-refractivity contribution in [3.63, 3.8) is 0 Å². The van der Waals surface area contributed by atoms with Gasteiger partial charge in [0.25, 0.3) is 0 Å². The second-order valence-corrected chi connectivity index (χ2v) is 15.8. The van der Waals surface area contributed by atoms with Gasteiger partial charge in [0, 0.05) is 55.0 Å². The molecule has 11 heteroatoms. The molecular formula is C37H45BrN4O5S. The van der Waals surface area contributed by atoms with Gasteiger partial charge in [0.1, 0.15) is 6.04 Å². The van der Waals surface area contributed by atoms with Crippen molar-refractivity contribution in [2.45, 2.75) is 39.7 Å². The van der Waals surface area contributed by atoms with Gasteiger partial charge < -0.3 is 24.5 Å². The van der Waals surface area contributed by atoms with Crippen molar-refractivity contribution in [1.82, 2.24) is 14.7 Å². The topological polar surface area (TPSA) is 93.6 Å². The van der Waals surface area contributed by atoms with E-state index in [2.05, 4.69) is 34.0 Å². The minimum atomic E-state index is -0.849. The Morgan fingerprint density at radius 3 is 2.35 bits per heavy atom. The molecule has 0 aliphatic carbocycles. The fourth-order valence-electron chi connectivity index (χ4n) is 8.11. The number of rotatable bonds is 14. The molecule has 3 unspecified atom stereocenters. The second kappa shape index (κ2) is 15.3. The largest absolute Gasteiger partial charge is 0.394 e. The number of hydrogen-bond donors (Lipinski definition) is 1. The number of carbonyl (C=O) groups excluding carboxylic acids is 3. The van der Waals surface area contributed by atoms with E-state index in [0.717, 1.165) is 24.3 Å². The maximum atomic E-state index is 15.0. The maximum absolute atomic E-state index is 15.0. The molecule has 2 bridgehead atoms. The minimum absolute atomic E-state index is 0.0694. The molecule has 7 atom stereocenters. The van der Waals surface area contributed by atoms with E-state index in [9.17, 15) is 14.7 Å². The molecule has 3 amide bonds. The molecule has 6 rings (SSSR count). The van der Waals surface area contributed by atoms with Crippen molar-refractivity contribution < 1.29 is 24.2 Å². The Balaban J connectivity index is 1.39. The number of likely N-dealkylation sites (tertiary alicyclic amines) is 1. The highest BCUT2D eigenvalue weighted by atomic mass is 79.9. The van der Waals surface area contributed by atoms with Gasteiger partial charge in [-0.15, -0.1) is 24.9 Å². The van der Waals surface area contributed by atoms with Crippen LogP contribution in [0, 0.1) is 11.8 Å². The third kappa shape index (κ3) is 6.52. The number of aliphatic hydroxyl groups excluding tert-OH is 1. The Morgan fingerprint density at radius 2 is 1.71 bits per heavy atom. The Hall–Kier alpha value is -2.96. The molecule has 1 N–H and O–H groups in total. The van der Waals surface area contributed by atoms with Gasteiger partial charge in [-0.05, 0) is 30.5 Å². The zero-order chi connectivity index (χ0) is 33.8. The van der Waals surface area contributed by atoms with Crippen molar-refractivity contribution in [2.24, 2.45) is 11.8 Å². The smallest absolute Gasteiger partial charge is 0.247 e. The van der Waals surface area contributed by atoms with Crippen molar-refractivity contribution in [3.8, 4) is 0 Å². The van der Waals surface area contributed by atoms with Gasteiger partial charge in [-0.3, -0.25) is 19.3 Å². The summed E-state index contributed by atoms with van der Waals surface area (Å²) < 4.78 is 4.68. The number of alkyl halides is 1. The highest BCUT2D eigenvalue weighted by Crippen LogP contribution is 2.68. The summed E-state index contributed by atoms with van der Waals surface area (Å²) in [4.78, 5) is 52.1. The molecule has 4 saturated heterocycles. The van der Waals surface area contributed by atoms with Gasteiger partial charge in [-0.25, -0.2) is 0 Å². The van der Waals surface area contributed by atoms with Crippen LogP contribution in [0.3, 0.4) is 0 Å². The number of anilines is 1. The molecule has 4 aliphatic heterocycles. The molecule has 48 heavy (non-hydrogen) atoms. The predicted octanol–water partition coefficient (Wildman–Crippen LogP) is 3.62. The van der Waals surface area contributed by atoms with Gasteiger partial charge in [0.05, 0.1) is 42.4 Å². The quantitative estimate of drug-likeness (QED) is 0.234. The van der Waals surface area contributed by atoms with E-state index in [-0.39, 0.29) is 34.4 Å². The van der Waals surface area contributed by atoms with Gasteiger partial charge in [-0.2, -0.15) is 0 Å². The minimum Gasteiger partial charge on any atom is -0.394 e. The van der Waals surface area contributed by atoms with Gasteiger partial charge in [0.2, 0.25) is 17.7 Å². The van der Waals surface area contributed by atoms with E-state index in [1.807, 2.05) is 65.6 Å². The average molecular weight is 738 g/mol. The summed E-state index contributed by atoms with van der Waals surface area (Å²) >= 11 is 5.52. The van der Waals surface area contributed by atoms with Crippen LogP contribution < -0.4 is 4.90 Å². The van der Waals surface area contributed by atoms with Gasteiger partial charge in [-0.1, -0.05) is 76.6 Å². The summed E-state index contributed by atoms with van der Waals surface area (Å²) in [5.74, 6) is -1.89.